The zero-order chi connectivity index (χ0) is 17.8. The third kappa shape index (κ3) is 2.29. The molecule has 0 aliphatic rings. The van der Waals surface area contributed by atoms with Gasteiger partial charge in [-0.3, -0.25) is 0 Å². The number of hydrogen-bond acceptors (Lipinski definition) is 0. The van der Waals surface area contributed by atoms with Gasteiger partial charge in [0.05, 0.1) is 0 Å². The highest BCUT2D eigenvalue weighted by Gasteiger charge is 2.12. The van der Waals surface area contributed by atoms with Crippen LogP contribution in [-0.4, -0.2) is 4.98 Å². The molecule has 0 saturated carbocycles. The quantitative estimate of drug-likeness (QED) is 0.300. The summed E-state index contributed by atoms with van der Waals surface area (Å²) in [6, 6.07) is 24.2. The standard InChI is InChI=1S/C24H18BrN/c1-14-5-3-4-6-18(14)24-15(2)7-8-16-11-20-21-12-17(25)9-10-22(21)26-23(20)13-19(16)24/h3-13,26H,1-2H3. The van der Waals surface area contributed by atoms with Gasteiger partial charge in [0, 0.05) is 26.3 Å². The number of halogens is 1. The molecule has 1 heterocycles. The van der Waals surface area contributed by atoms with Crippen molar-refractivity contribution in [2.24, 2.45) is 0 Å². The van der Waals surface area contributed by atoms with Gasteiger partial charge in [-0.1, -0.05) is 52.3 Å². The minimum atomic E-state index is 1.11. The summed E-state index contributed by atoms with van der Waals surface area (Å²) < 4.78 is 1.11. The molecule has 126 valence electrons. The van der Waals surface area contributed by atoms with Crippen molar-refractivity contribution in [2.75, 3.05) is 0 Å². The first-order valence-corrected chi connectivity index (χ1v) is 9.61. The molecular weight excluding hydrogens is 382 g/mol. The number of benzene rings is 4. The topological polar surface area (TPSA) is 15.8 Å². The molecule has 4 aromatic carbocycles. The third-order valence-corrected chi connectivity index (χ3v) is 5.82. The van der Waals surface area contributed by atoms with Crippen LogP contribution in [-0.2, 0) is 0 Å². The molecule has 0 radical (unpaired) electrons. The molecule has 5 aromatic rings. The molecule has 0 atom stereocenters. The van der Waals surface area contributed by atoms with Crippen LogP contribution in [0.3, 0.4) is 0 Å². The van der Waals surface area contributed by atoms with Crippen LogP contribution in [0.15, 0.2) is 71.2 Å². The van der Waals surface area contributed by atoms with E-state index in [0.717, 1.165) is 4.47 Å². The van der Waals surface area contributed by atoms with Crippen molar-refractivity contribution in [1.29, 1.82) is 0 Å². The summed E-state index contributed by atoms with van der Waals surface area (Å²) in [5.74, 6) is 0. The van der Waals surface area contributed by atoms with E-state index in [1.807, 2.05) is 0 Å². The van der Waals surface area contributed by atoms with E-state index in [1.54, 1.807) is 0 Å². The predicted octanol–water partition coefficient (Wildman–Crippen LogP) is 7.52. The third-order valence-electron chi connectivity index (χ3n) is 5.32. The largest absolute Gasteiger partial charge is 0.354 e. The Bertz CT molecular complexity index is 1310. The Hall–Kier alpha value is -2.58. The van der Waals surface area contributed by atoms with Gasteiger partial charge in [-0.2, -0.15) is 0 Å². The second kappa shape index (κ2) is 5.72. The number of aryl methyl sites for hydroxylation is 2. The average Bonchev–Trinajstić information content (AvgIpc) is 2.98. The van der Waals surface area contributed by atoms with E-state index < -0.39 is 0 Å². The van der Waals surface area contributed by atoms with Crippen LogP contribution in [0.1, 0.15) is 11.1 Å². The Morgan fingerprint density at radius 2 is 1.50 bits per heavy atom. The van der Waals surface area contributed by atoms with E-state index in [-0.39, 0.29) is 0 Å². The van der Waals surface area contributed by atoms with Crippen LogP contribution in [0.5, 0.6) is 0 Å². The maximum absolute atomic E-state index is 3.60. The molecule has 26 heavy (non-hydrogen) atoms. The van der Waals surface area contributed by atoms with Crippen molar-refractivity contribution in [1.82, 2.24) is 4.98 Å². The monoisotopic (exact) mass is 399 g/mol. The number of fused-ring (bicyclic) bond motifs is 4. The molecule has 0 fully saturated rings. The SMILES string of the molecule is Cc1ccccc1-c1c(C)ccc2cc3c(cc12)[nH]c1ccc(Br)cc13. The van der Waals surface area contributed by atoms with Crippen LogP contribution in [0, 0.1) is 13.8 Å². The van der Waals surface area contributed by atoms with Gasteiger partial charge >= 0.3 is 0 Å². The van der Waals surface area contributed by atoms with E-state index in [1.165, 1.54) is 54.8 Å². The fourth-order valence-corrected chi connectivity index (χ4v) is 4.37. The van der Waals surface area contributed by atoms with Gasteiger partial charge in [-0.25, -0.2) is 0 Å². The lowest BCUT2D eigenvalue weighted by atomic mass is 9.91. The van der Waals surface area contributed by atoms with Crippen LogP contribution < -0.4 is 0 Å². The number of aromatic amines is 1. The number of nitrogens with one attached hydrogen (secondary N) is 1. The molecule has 1 aromatic heterocycles. The van der Waals surface area contributed by atoms with Gasteiger partial charge < -0.3 is 4.98 Å². The van der Waals surface area contributed by atoms with E-state index in [0.29, 0.717) is 0 Å². The normalized spacial score (nSPS) is 11.7. The zero-order valence-corrected chi connectivity index (χ0v) is 16.3. The highest BCUT2D eigenvalue weighted by Crippen LogP contribution is 2.37. The predicted molar refractivity (Wildman–Crippen MR) is 116 cm³/mol. The second-order valence-corrected chi connectivity index (χ2v) is 7.92. The Kier molecular flexibility index (Phi) is 3.44. The van der Waals surface area contributed by atoms with Crippen LogP contribution in [0.25, 0.3) is 43.7 Å². The molecule has 0 unspecified atom stereocenters. The van der Waals surface area contributed by atoms with Crippen LogP contribution >= 0.6 is 15.9 Å². The lowest BCUT2D eigenvalue weighted by molar-refractivity contribution is 1.43. The number of aromatic nitrogens is 1. The van der Waals surface area contributed by atoms with E-state index in [2.05, 4.69) is 101 Å². The number of hydrogen-bond donors (Lipinski definition) is 1. The lowest BCUT2D eigenvalue weighted by Gasteiger charge is -2.13. The molecule has 0 amide bonds. The van der Waals surface area contributed by atoms with Crippen molar-refractivity contribution in [3.05, 3.63) is 82.3 Å². The van der Waals surface area contributed by atoms with E-state index in [9.17, 15) is 0 Å². The van der Waals surface area contributed by atoms with Gasteiger partial charge in [-0.05, 0) is 77.2 Å². The number of rotatable bonds is 1. The van der Waals surface area contributed by atoms with Crippen molar-refractivity contribution >= 4 is 48.5 Å². The Morgan fingerprint density at radius 3 is 2.35 bits per heavy atom. The van der Waals surface area contributed by atoms with Crippen molar-refractivity contribution in [3.8, 4) is 11.1 Å². The minimum Gasteiger partial charge on any atom is -0.354 e. The lowest BCUT2D eigenvalue weighted by Crippen LogP contribution is -1.89. The first kappa shape index (κ1) is 15.7. The Balaban J connectivity index is 1.92. The minimum absolute atomic E-state index is 1.11. The Labute approximate surface area is 160 Å². The second-order valence-electron chi connectivity index (χ2n) is 7.01. The number of H-pyrrole nitrogens is 1. The molecule has 0 bridgehead atoms. The fraction of sp³-hybridized carbons (Fsp3) is 0.0833. The van der Waals surface area contributed by atoms with E-state index >= 15 is 0 Å². The van der Waals surface area contributed by atoms with E-state index in [4.69, 9.17) is 0 Å². The summed E-state index contributed by atoms with van der Waals surface area (Å²) >= 11 is 3.60. The van der Waals surface area contributed by atoms with Gasteiger partial charge in [0.25, 0.3) is 0 Å². The van der Waals surface area contributed by atoms with Crippen molar-refractivity contribution in [2.45, 2.75) is 13.8 Å². The summed E-state index contributed by atoms with van der Waals surface area (Å²) in [4.78, 5) is 3.59. The summed E-state index contributed by atoms with van der Waals surface area (Å²) in [6.07, 6.45) is 0. The molecule has 1 nitrogen and oxygen atoms in total. The van der Waals surface area contributed by atoms with Gasteiger partial charge in [-0.15, -0.1) is 0 Å². The first-order valence-electron chi connectivity index (χ1n) is 8.82. The molecule has 2 heteroatoms. The molecule has 1 N–H and O–H groups in total. The first-order chi connectivity index (χ1) is 12.6. The maximum Gasteiger partial charge on any atom is 0.0471 e. The molecule has 0 aliphatic heterocycles. The van der Waals surface area contributed by atoms with Gasteiger partial charge in [0.15, 0.2) is 0 Å². The van der Waals surface area contributed by atoms with Crippen molar-refractivity contribution < 1.29 is 0 Å². The molecule has 0 saturated heterocycles. The highest BCUT2D eigenvalue weighted by molar-refractivity contribution is 9.10. The van der Waals surface area contributed by atoms with Gasteiger partial charge in [0.2, 0.25) is 0 Å². The summed E-state index contributed by atoms with van der Waals surface area (Å²) in [7, 11) is 0. The fourth-order valence-electron chi connectivity index (χ4n) is 4.01. The summed E-state index contributed by atoms with van der Waals surface area (Å²) in [6.45, 7) is 4.39. The highest BCUT2D eigenvalue weighted by atomic mass is 79.9. The molecule has 0 aliphatic carbocycles. The average molecular weight is 400 g/mol. The summed E-state index contributed by atoms with van der Waals surface area (Å²) in [5.41, 5.74) is 7.63. The van der Waals surface area contributed by atoms with Crippen LogP contribution in [0.2, 0.25) is 0 Å². The molecule has 0 spiro atoms. The van der Waals surface area contributed by atoms with Crippen LogP contribution in [0.4, 0.5) is 0 Å². The smallest absolute Gasteiger partial charge is 0.0471 e. The van der Waals surface area contributed by atoms with Gasteiger partial charge in [0.1, 0.15) is 0 Å². The Morgan fingerprint density at radius 1 is 0.692 bits per heavy atom. The molecule has 5 rings (SSSR count). The zero-order valence-electron chi connectivity index (χ0n) is 14.7. The van der Waals surface area contributed by atoms with Crippen molar-refractivity contribution in [3.63, 3.8) is 0 Å². The maximum atomic E-state index is 3.60. The summed E-state index contributed by atoms with van der Waals surface area (Å²) in [5, 5.41) is 5.11. The molecular formula is C24H18BrN.